The molecule has 0 aromatic rings. The number of sulfonamides is 1. The fourth-order valence-corrected chi connectivity index (χ4v) is 3.99. The van der Waals surface area contributed by atoms with Crippen LogP contribution in [0.5, 0.6) is 0 Å². The molecule has 0 atom stereocenters. The number of ether oxygens (including phenoxy) is 1. The zero-order chi connectivity index (χ0) is 16.0. The molecule has 0 spiro atoms. The van der Waals surface area contributed by atoms with Crippen LogP contribution in [-0.4, -0.2) is 82.8 Å². The highest BCUT2D eigenvalue weighted by molar-refractivity contribution is 14.0. The molecule has 1 saturated heterocycles. The SMILES string of the molecule is CN=C(NCCN1CCCS1(=O)=O)N(C)CCOCC1CC1.I. The van der Waals surface area contributed by atoms with Crippen LogP contribution in [0.1, 0.15) is 19.3 Å². The van der Waals surface area contributed by atoms with Crippen LogP contribution in [-0.2, 0) is 14.8 Å². The van der Waals surface area contributed by atoms with Crippen molar-refractivity contribution >= 4 is 40.0 Å². The molecule has 9 heteroatoms. The zero-order valence-corrected chi connectivity index (χ0v) is 17.2. The number of guanidine groups is 1. The molecule has 2 aliphatic rings. The third-order valence-electron chi connectivity index (χ3n) is 4.04. The molecule has 0 bridgehead atoms. The summed E-state index contributed by atoms with van der Waals surface area (Å²) in [6, 6.07) is 0. The molecule has 7 nitrogen and oxygen atoms in total. The smallest absolute Gasteiger partial charge is 0.214 e. The number of aliphatic imine (C=N–C) groups is 1. The first-order valence-electron chi connectivity index (χ1n) is 8.00. The number of likely N-dealkylation sites (N-methyl/N-ethyl adjacent to an activating group) is 1. The van der Waals surface area contributed by atoms with E-state index in [-0.39, 0.29) is 29.7 Å². The predicted molar refractivity (Wildman–Crippen MR) is 103 cm³/mol. The number of nitrogens with zero attached hydrogens (tertiary/aromatic N) is 3. The lowest BCUT2D eigenvalue weighted by Gasteiger charge is -2.23. The van der Waals surface area contributed by atoms with Gasteiger partial charge in [-0.15, -0.1) is 24.0 Å². The maximum Gasteiger partial charge on any atom is 0.214 e. The molecule has 1 saturated carbocycles. The van der Waals surface area contributed by atoms with Gasteiger partial charge < -0.3 is 15.0 Å². The van der Waals surface area contributed by atoms with Crippen molar-refractivity contribution in [2.24, 2.45) is 10.9 Å². The third kappa shape index (κ3) is 7.10. The Morgan fingerprint density at radius 2 is 2.17 bits per heavy atom. The lowest BCUT2D eigenvalue weighted by Crippen LogP contribution is -2.43. The number of rotatable bonds is 8. The second-order valence-electron chi connectivity index (χ2n) is 5.98. The minimum atomic E-state index is -3.01. The summed E-state index contributed by atoms with van der Waals surface area (Å²) in [5.74, 6) is 1.83. The molecule has 2 rings (SSSR count). The van der Waals surface area contributed by atoms with Gasteiger partial charge in [-0.25, -0.2) is 12.7 Å². The lowest BCUT2D eigenvalue weighted by atomic mass is 10.4. The second kappa shape index (κ2) is 10.00. The Bertz CT molecular complexity index is 482. The van der Waals surface area contributed by atoms with Crippen molar-refractivity contribution in [1.29, 1.82) is 0 Å². The highest BCUT2D eigenvalue weighted by atomic mass is 127. The monoisotopic (exact) mass is 460 g/mol. The number of nitrogens with one attached hydrogen (secondary N) is 1. The van der Waals surface area contributed by atoms with Gasteiger partial charge in [0.15, 0.2) is 5.96 Å². The van der Waals surface area contributed by atoms with Crippen molar-refractivity contribution in [1.82, 2.24) is 14.5 Å². The summed E-state index contributed by atoms with van der Waals surface area (Å²) >= 11 is 0. The zero-order valence-electron chi connectivity index (χ0n) is 14.0. The summed E-state index contributed by atoms with van der Waals surface area (Å²) in [7, 11) is 0.681. The highest BCUT2D eigenvalue weighted by Crippen LogP contribution is 2.28. The Kier molecular flexibility index (Phi) is 9.09. The molecule has 0 radical (unpaired) electrons. The highest BCUT2D eigenvalue weighted by Gasteiger charge is 2.27. The standard InChI is InChI=1S/C14H28N4O3S.HI/c1-15-14(17(2)9-10-21-12-13-4-5-13)16-6-8-18-7-3-11-22(18,19)20;/h13H,3-12H2,1-2H3,(H,15,16);1H. The van der Waals surface area contributed by atoms with Crippen molar-refractivity contribution in [3.05, 3.63) is 0 Å². The van der Waals surface area contributed by atoms with Gasteiger partial charge in [-0.3, -0.25) is 4.99 Å². The molecule has 0 aromatic carbocycles. The Labute approximate surface area is 156 Å². The van der Waals surface area contributed by atoms with Crippen LogP contribution in [0.4, 0.5) is 0 Å². The maximum atomic E-state index is 11.7. The summed E-state index contributed by atoms with van der Waals surface area (Å²) < 4.78 is 30.6. The number of hydrogen-bond acceptors (Lipinski definition) is 4. The Morgan fingerprint density at radius 3 is 2.74 bits per heavy atom. The Hall–Kier alpha value is -0.130. The molecule has 23 heavy (non-hydrogen) atoms. The van der Waals surface area contributed by atoms with Gasteiger partial charge in [0.1, 0.15) is 0 Å². The average molecular weight is 460 g/mol. The van der Waals surface area contributed by atoms with Crippen molar-refractivity contribution in [2.45, 2.75) is 19.3 Å². The van der Waals surface area contributed by atoms with Gasteiger partial charge >= 0.3 is 0 Å². The van der Waals surface area contributed by atoms with Gasteiger partial charge in [0.05, 0.1) is 12.4 Å². The van der Waals surface area contributed by atoms with E-state index in [0.29, 0.717) is 26.2 Å². The summed E-state index contributed by atoms with van der Waals surface area (Å²) in [5, 5.41) is 3.21. The fraction of sp³-hybridized carbons (Fsp3) is 0.929. The van der Waals surface area contributed by atoms with Crippen molar-refractivity contribution in [2.75, 3.05) is 59.2 Å². The number of halogens is 1. The van der Waals surface area contributed by atoms with Crippen molar-refractivity contribution < 1.29 is 13.2 Å². The topological polar surface area (TPSA) is 74.2 Å². The molecule has 2 fully saturated rings. The van der Waals surface area contributed by atoms with E-state index in [1.54, 1.807) is 11.4 Å². The summed E-state index contributed by atoms with van der Waals surface area (Å²) in [6.07, 6.45) is 3.34. The van der Waals surface area contributed by atoms with Crippen LogP contribution in [0.25, 0.3) is 0 Å². The van der Waals surface area contributed by atoms with Gasteiger partial charge in [0, 0.05) is 46.9 Å². The van der Waals surface area contributed by atoms with Gasteiger partial charge in [0.2, 0.25) is 10.0 Å². The number of hydrogen-bond donors (Lipinski definition) is 1. The van der Waals surface area contributed by atoms with E-state index in [4.69, 9.17) is 4.74 Å². The summed E-state index contributed by atoms with van der Waals surface area (Å²) in [6.45, 7) is 4.02. The summed E-state index contributed by atoms with van der Waals surface area (Å²) in [5.41, 5.74) is 0. The van der Waals surface area contributed by atoms with Crippen LogP contribution in [0.2, 0.25) is 0 Å². The van der Waals surface area contributed by atoms with E-state index < -0.39 is 10.0 Å². The first kappa shape index (κ1) is 20.9. The summed E-state index contributed by atoms with van der Waals surface area (Å²) in [4.78, 5) is 6.23. The average Bonchev–Trinajstić information content (AvgIpc) is 3.24. The van der Waals surface area contributed by atoms with E-state index in [1.807, 2.05) is 11.9 Å². The van der Waals surface area contributed by atoms with Crippen molar-refractivity contribution in [3.63, 3.8) is 0 Å². The fourth-order valence-electron chi connectivity index (χ4n) is 2.46. The van der Waals surface area contributed by atoms with Gasteiger partial charge in [-0.05, 0) is 25.2 Å². The molecule has 136 valence electrons. The Balaban J connectivity index is 0.00000264. The molecule has 0 amide bonds. The van der Waals surface area contributed by atoms with Crippen LogP contribution < -0.4 is 5.32 Å². The normalized spacial score (nSPS) is 21.0. The molecule has 1 N–H and O–H groups in total. The van der Waals surface area contributed by atoms with E-state index in [9.17, 15) is 8.42 Å². The predicted octanol–water partition coefficient (Wildman–Crippen LogP) is 0.574. The van der Waals surface area contributed by atoms with E-state index in [2.05, 4.69) is 10.3 Å². The molecule has 1 aliphatic carbocycles. The van der Waals surface area contributed by atoms with Crippen LogP contribution in [0, 0.1) is 5.92 Å². The minimum absolute atomic E-state index is 0. The van der Waals surface area contributed by atoms with Gasteiger partial charge in [-0.2, -0.15) is 0 Å². The van der Waals surface area contributed by atoms with E-state index in [1.165, 1.54) is 12.8 Å². The van der Waals surface area contributed by atoms with Crippen LogP contribution in [0.3, 0.4) is 0 Å². The van der Waals surface area contributed by atoms with Gasteiger partial charge in [0.25, 0.3) is 0 Å². The Morgan fingerprint density at radius 1 is 1.43 bits per heavy atom. The molecule has 1 aliphatic heterocycles. The van der Waals surface area contributed by atoms with Gasteiger partial charge in [-0.1, -0.05) is 0 Å². The molecule has 0 unspecified atom stereocenters. The maximum absolute atomic E-state index is 11.7. The molecule has 1 heterocycles. The molecule has 0 aromatic heterocycles. The van der Waals surface area contributed by atoms with E-state index in [0.717, 1.165) is 31.4 Å². The first-order chi connectivity index (χ1) is 10.5. The molecular formula is C14H29IN4O3S. The van der Waals surface area contributed by atoms with Crippen LogP contribution >= 0.6 is 24.0 Å². The molecular weight excluding hydrogens is 431 g/mol. The lowest BCUT2D eigenvalue weighted by molar-refractivity contribution is 0.115. The largest absolute Gasteiger partial charge is 0.379 e. The minimum Gasteiger partial charge on any atom is -0.379 e. The van der Waals surface area contributed by atoms with Crippen molar-refractivity contribution in [3.8, 4) is 0 Å². The van der Waals surface area contributed by atoms with E-state index >= 15 is 0 Å². The first-order valence-corrected chi connectivity index (χ1v) is 9.61. The van der Waals surface area contributed by atoms with Crippen LogP contribution in [0.15, 0.2) is 4.99 Å². The third-order valence-corrected chi connectivity index (χ3v) is 6.00. The quantitative estimate of drug-likeness (QED) is 0.248. The second-order valence-corrected chi connectivity index (χ2v) is 8.07.